The molecular weight excluding hydrogens is 412 g/mol. The van der Waals surface area contributed by atoms with E-state index in [1.807, 2.05) is 30.3 Å². The molecule has 1 saturated heterocycles. The van der Waals surface area contributed by atoms with Crippen LogP contribution in [0.2, 0.25) is 0 Å². The Bertz CT molecular complexity index is 1010. The lowest BCUT2D eigenvalue weighted by Crippen LogP contribution is -2.36. The Morgan fingerprint density at radius 1 is 1.19 bits per heavy atom. The van der Waals surface area contributed by atoms with Gasteiger partial charge in [-0.15, -0.1) is 0 Å². The first-order valence-corrected chi connectivity index (χ1v) is 10.1. The van der Waals surface area contributed by atoms with Crippen LogP contribution in [0.5, 0.6) is 11.5 Å². The Labute approximate surface area is 186 Å². The van der Waals surface area contributed by atoms with Gasteiger partial charge in [-0.05, 0) is 29.3 Å². The van der Waals surface area contributed by atoms with Crippen LogP contribution >= 0.6 is 0 Å². The van der Waals surface area contributed by atoms with Crippen molar-refractivity contribution in [2.24, 2.45) is 5.10 Å². The molecule has 0 unspecified atom stereocenters. The van der Waals surface area contributed by atoms with E-state index in [0.717, 1.165) is 5.56 Å². The Morgan fingerprint density at radius 3 is 2.62 bits per heavy atom. The minimum absolute atomic E-state index is 0.0504. The van der Waals surface area contributed by atoms with Gasteiger partial charge in [0.05, 0.1) is 13.3 Å². The first-order valence-electron chi connectivity index (χ1n) is 10.1. The van der Waals surface area contributed by atoms with Gasteiger partial charge >= 0.3 is 6.09 Å². The number of hydrogen-bond acceptors (Lipinski definition) is 6. The van der Waals surface area contributed by atoms with E-state index in [-0.39, 0.29) is 30.0 Å². The van der Waals surface area contributed by atoms with Crippen molar-refractivity contribution < 1.29 is 23.9 Å². The fourth-order valence-corrected chi connectivity index (χ4v) is 3.30. The van der Waals surface area contributed by atoms with Gasteiger partial charge in [-0.25, -0.2) is 10.2 Å². The topological polar surface area (TPSA) is 101 Å². The van der Waals surface area contributed by atoms with Gasteiger partial charge in [-0.1, -0.05) is 30.3 Å². The van der Waals surface area contributed by atoms with Crippen LogP contribution in [0, 0.1) is 0 Å². The molecule has 3 amide bonds. The van der Waals surface area contributed by atoms with Crippen LogP contribution in [0.4, 0.5) is 4.79 Å². The number of carbonyl (C=O) groups excluding carboxylic acids is 3. The van der Waals surface area contributed by atoms with Crippen molar-refractivity contribution >= 4 is 24.1 Å². The average Bonchev–Trinajstić information content (AvgIpc) is 3.15. The van der Waals surface area contributed by atoms with Crippen molar-refractivity contribution in [2.75, 3.05) is 34.3 Å². The molecule has 3 rings (SSSR count). The summed E-state index contributed by atoms with van der Waals surface area (Å²) in [7, 11) is 4.62. The molecule has 1 aliphatic rings. The molecule has 0 radical (unpaired) electrons. The molecule has 9 heteroatoms. The number of rotatable bonds is 7. The molecule has 1 fully saturated rings. The van der Waals surface area contributed by atoms with E-state index in [1.54, 1.807) is 37.2 Å². The van der Waals surface area contributed by atoms with E-state index < -0.39 is 6.09 Å². The second-order valence-electron chi connectivity index (χ2n) is 7.55. The quantitative estimate of drug-likeness (QED) is 0.528. The normalized spacial score (nSPS) is 15.7. The van der Waals surface area contributed by atoms with Crippen molar-refractivity contribution in [1.82, 2.24) is 15.2 Å². The minimum Gasteiger partial charge on any atom is -0.493 e. The molecule has 1 aliphatic heterocycles. The van der Waals surface area contributed by atoms with Gasteiger partial charge < -0.3 is 19.3 Å². The molecule has 168 valence electrons. The molecule has 9 nitrogen and oxygen atoms in total. The molecule has 0 spiro atoms. The number of amides is 3. The van der Waals surface area contributed by atoms with Crippen molar-refractivity contribution in [3.8, 4) is 11.5 Å². The van der Waals surface area contributed by atoms with Crippen molar-refractivity contribution in [3.63, 3.8) is 0 Å². The highest BCUT2D eigenvalue weighted by atomic mass is 16.6. The van der Waals surface area contributed by atoms with E-state index in [0.29, 0.717) is 24.3 Å². The zero-order valence-corrected chi connectivity index (χ0v) is 18.3. The predicted molar refractivity (Wildman–Crippen MR) is 119 cm³/mol. The summed E-state index contributed by atoms with van der Waals surface area (Å²) in [4.78, 5) is 39.1. The van der Waals surface area contributed by atoms with Crippen molar-refractivity contribution in [2.45, 2.75) is 12.3 Å². The van der Waals surface area contributed by atoms with E-state index >= 15 is 0 Å². The number of methoxy groups -OCH3 is 1. The summed E-state index contributed by atoms with van der Waals surface area (Å²) in [5.74, 6) is 0.281. The Morgan fingerprint density at radius 2 is 1.94 bits per heavy atom. The summed E-state index contributed by atoms with van der Waals surface area (Å²) in [5.41, 5.74) is 4.16. The summed E-state index contributed by atoms with van der Waals surface area (Å²) in [6.45, 7) is 0.451. The molecule has 2 aromatic carbocycles. The van der Waals surface area contributed by atoms with Gasteiger partial charge in [0, 0.05) is 33.0 Å². The molecule has 1 N–H and O–H groups in total. The molecule has 1 heterocycles. The van der Waals surface area contributed by atoms with E-state index in [9.17, 15) is 14.4 Å². The average molecular weight is 438 g/mol. The SMILES string of the molecule is COc1cc(/C=N\NC(=O)CN2C[C@H](c3ccccc3)CC2=O)ccc1OC(=O)N(C)C. The highest BCUT2D eigenvalue weighted by molar-refractivity contribution is 5.88. The smallest absolute Gasteiger partial charge is 0.414 e. The van der Waals surface area contributed by atoms with Crippen LogP contribution in [0.25, 0.3) is 0 Å². The largest absolute Gasteiger partial charge is 0.493 e. The third kappa shape index (κ3) is 5.84. The molecule has 0 saturated carbocycles. The number of nitrogens with one attached hydrogen (secondary N) is 1. The van der Waals surface area contributed by atoms with Crippen LogP contribution in [0.1, 0.15) is 23.5 Å². The maximum Gasteiger partial charge on any atom is 0.414 e. The maximum absolute atomic E-state index is 12.3. The highest BCUT2D eigenvalue weighted by Crippen LogP contribution is 2.28. The lowest BCUT2D eigenvalue weighted by Gasteiger charge is -2.15. The molecule has 2 aromatic rings. The van der Waals surface area contributed by atoms with Crippen LogP contribution < -0.4 is 14.9 Å². The lowest BCUT2D eigenvalue weighted by molar-refractivity contribution is -0.133. The van der Waals surface area contributed by atoms with Gasteiger partial charge in [0.1, 0.15) is 6.54 Å². The van der Waals surface area contributed by atoms with Crippen LogP contribution in [0.3, 0.4) is 0 Å². The third-order valence-electron chi connectivity index (χ3n) is 4.97. The molecular formula is C23H26N4O5. The van der Waals surface area contributed by atoms with Gasteiger partial charge in [0.25, 0.3) is 5.91 Å². The maximum atomic E-state index is 12.3. The summed E-state index contributed by atoms with van der Waals surface area (Å²) >= 11 is 0. The van der Waals surface area contributed by atoms with Crippen LogP contribution in [0.15, 0.2) is 53.6 Å². The minimum atomic E-state index is -0.525. The number of ether oxygens (including phenoxy) is 2. The second kappa shape index (κ2) is 10.4. The van der Waals surface area contributed by atoms with Gasteiger partial charge in [0.2, 0.25) is 5.91 Å². The number of hydrazone groups is 1. The van der Waals surface area contributed by atoms with Gasteiger partial charge in [0.15, 0.2) is 11.5 Å². The zero-order chi connectivity index (χ0) is 23.1. The molecule has 32 heavy (non-hydrogen) atoms. The van der Waals surface area contributed by atoms with Gasteiger partial charge in [-0.2, -0.15) is 5.10 Å². The fraction of sp³-hybridized carbons (Fsp3) is 0.304. The lowest BCUT2D eigenvalue weighted by atomic mass is 9.99. The number of benzene rings is 2. The number of nitrogens with zero attached hydrogens (tertiary/aromatic N) is 3. The predicted octanol–water partition coefficient (Wildman–Crippen LogP) is 2.22. The molecule has 1 atom stereocenters. The van der Waals surface area contributed by atoms with Gasteiger partial charge in [-0.3, -0.25) is 9.59 Å². The number of hydrogen-bond donors (Lipinski definition) is 1. The zero-order valence-electron chi connectivity index (χ0n) is 18.3. The molecule has 0 bridgehead atoms. The standard InChI is InChI=1S/C23H26N4O5/c1-26(2)23(30)32-19-10-9-16(11-20(19)31-3)13-24-25-21(28)15-27-14-18(12-22(27)29)17-7-5-4-6-8-17/h4-11,13,18H,12,14-15H2,1-3H3,(H,25,28)/b24-13-/t18-/m1/s1. The van der Waals surface area contributed by atoms with E-state index in [2.05, 4.69) is 10.5 Å². The summed E-state index contributed by atoms with van der Waals surface area (Å²) < 4.78 is 10.5. The van der Waals surface area contributed by atoms with Crippen LogP contribution in [-0.2, 0) is 9.59 Å². The third-order valence-corrected chi connectivity index (χ3v) is 4.97. The fourth-order valence-electron chi connectivity index (χ4n) is 3.30. The Balaban J connectivity index is 1.54. The first-order chi connectivity index (χ1) is 15.4. The first kappa shape index (κ1) is 22.8. The summed E-state index contributed by atoms with van der Waals surface area (Å²) in [6, 6.07) is 14.7. The molecule has 0 aromatic heterocycles. The summed E-state index contributed by atoms with van der Waals surface area (Å²) in [5, 5.41) is 3.95. The monoisotopic (exact) mass is 438 g/mol. The Kier molecular flexibility index (Phi) is 7.43. The van der Waals surface area contributed by atoms with Crippen LogP contribution in [-0.4, -0.2) is 68.2 Å². The highest BCUT2D eigenvalue weighted by Gasteiger charge is 2.31. The van der Waals surface area contributed by atoms with E-state index in [1.165, 1.54) is 18.2 Å². The molecule has 0 aliphatic carbocycles. The van der Waals surface area contributed by atoms with Crippen molar-refractivity contribution in [3.05, 3.63) is 59.7 Å². The Hall–Kier alpha value is -3.88. The second-order valence-corrected chi connectivity index (χ2v) is 7.55. The van der Waals surface area contributed by atoms with E-state index in [4.69, 9.17) is 9.47 Å². The number of likely N-dealkylation sites (tertiary alicyclic amines) is 1. The number of carbonyl (C=O) groups is 3. The van der Waals surface area contributed by atoms with Crippen molar-refractivity contribution in [1.29, 1.82) is 0 Å². The summed E-state index contributed by atoms with van der Waals surface area (Å²) in [6.07, 6.45) is 1.31.